The first kappa shape index (κ1) is 14.7. The summed E-state index contributed by atoms with van der Waals surface area (Å²) in [5.41, 5.74) is 2.01. The van der Waals surface area contributed by atoms with E-state index in [1.165, 1.54) is 6.42 Å². The monoisotopic (exact) mass is 308 g/mol. The molecule has 1 aliphatic rings. The molecule has 1 aromatic heterocycles. The Bertz CT molecular complexity index is 618. The highest BCUT2D eigenvalue weighted by atomic mass is 35.5. The third kappa shape index (κ3) is 3.01. The SMILES string of the molecule is COc1ccc2nc(C(C)Cl)n(CC3CCCCO3)c2c1. The van der Waals surface area contributed by atoms with Crippen molar-refractivity contribution >= 4 is 22.6 Å². The van der Waals surface area contributed by atoms with Gasteiger partial charge >= 0.3 is 0 Å². The summed E-state index contributed by atoms with van der Waals surface area (Å²) in [4.78, 5) is 4.67. The molecule has 1 aromatic carbocycles. The Kier molecular flexibility index (Phi) is 4.36. The van der Waals surface area contributed by atoms with E-state index in [2.05, 4.69) is 9.55 Å². The Morgan fingerprint density at radius 3 is 3.00 bits per heavy atom. The third-order valence-corrected chi connectivity index (χ3v) is 4.20. The molecule has 21 heavy (non-hydrogen) atoms. The van der Waals surface area contributed by atoms with Crippen molar-refractivity contribution in [3.8, 4) is 5.75 Å². The Labute approximate surface area is 130 Å². The van der Waals surface area contributed by atoms with E-state index in [4.69, 9.17) is 21.1 Å². The van der Waals surface area contributed by atoms with Gasteiger partial charge in [0.2, 0.25) is 0 Å². The Balaban J connectivity index is 2.01. The predicted octanol–water partition coefficient (Wildman–Crippen LogP) is 3.91. The van der Waals surface area contributed by atoms with Crippen LogP contribution in [0.4, 0.5) is 0 Å². The van der Waals surface area contributed by atoms with E-state index in [-0.39, 0.29) is 11.5 Å². The molecule has 114 valence electrons. The molecule has 1 fully saturated rings. The lowest BCUT2D eigenvalue weighted by molar-refractivity contribution is 0.00618. The quantitative estimate of drug-likeness (QED) is 0.803. The number of fused-ring (bicyclic) bond motifs is 1. The van der Waals surface area contributed by atoms with Crippen molar-refractivity contribution in [3.05, 3.63) is 24.0 Å². The highest BCUT2D eigenvalue weighted by Gasteiger charge is 2.20. The van der Waals surface area contributed by atoms with E-state index in [0.29, 0.717) is 0 Å². The number of benzene rings is 1. The van der Waals surface area contributed by atoms with Crippen LogP contribution in [0, 0.1) is 0 Å². The molecule has 0 aliphatic carbocycles. The van der Waals surface area contributed by atoms with Crippen LogP contribution in [0.15, 0.2) is 18.2 Å². The van der Waals surface area contributed by atoms with Crippen LogP contribution in [0.25, 0.3) is 11.0 Å². The zero-order valence-electron chi connectivity index (χ0n) is 12.5. The number of ether oxygens (including phenoxy) is 2. The predicted molar refractivity (Wildman–Crippen MR) is 84.1 cm³/mol. The Morgan fingerprint density at radius 1 is 1.48 bits per heavy atom. The van der Waals surface area contributed by atoms with E-state index in [9.17, 15) is 0 Å². The summed E-state index contributed by atoms with van der Waals surface area (Å²) in [5.74, 6) is 1.73. The minimum atomic E-state index is -0.132. The fraction of sp³-hybridized carbons (Fsp3) is 0.562. The molecule has 0 radical (unpaired) electrons. The second-order valence-electron chi connectivity index (χ2n) is 5.54. The third-order valence-electron chi connectivity index (χ3n) is 4.00. The van der Waals surface area contributed by atoms with Gasteiger partial charge in [-0.2, -0.15) is 0 Å². The molecule has 4 nitrogen and oxygen atoms in total. The molecule has 0 saturated carbocycles. The van der Waals surface area contributed by atoms with Crippen molar-refractivity contribution in [2.45, 2.75) is 44.2 Å². The molecule has 2 heterocycles. The average molecular weight is 309 g/mol. The van der Waals surface area contributed by atoms with E-state index < -0.39 is 0 Å². The first-order valence-corrected chi connectivity index (χ1v) is 7.92. The molecule has 5 heteroatoms. The number of aromatic nitrogens is 2. The maximum atomic E-state index is 6.32. The molecule has 1 aliphatic heterocycles. The lowest BCUT2D eigenvalue weighted by atomic mass is 10.1. The summed E-state index contributed by atoms with van der Waals surface area (Å²) in [6.45, 7) is 3.61. The Morgan fingerprint density at radius 2 is 2.33 bits per heavy atom. The van der Waals surface area contributed by atoms with E-state index >= 15 is 0 Å². The van der Waals surface area contributed by atoms with Gasteiger partial charge in [-0.25, -0.2) is 4.98 Å². The van der Waals surface area contributed by atoms with Crippen LogP contribution in [0.5, 0.6) is 5.75 Å². The molecule has 2 unspecified atom stereocenters. The van der Waals surface area contributed by atoms with Gasteiger partial charge in [-0.1, -0.05) is 0 Å². The van der Waals surface area contributed by atoms with Crippen molar-refractivity contribution in [2.24, 2.45) is 0 Å². The highest BCUT2D eigenvalue weighted by molar-refractivity contribution is 6.20. The van der Waals surface area contributed by atoms with Crippen LogP contribution in [0.3, 0.4) is 0 Å². The average Bonchev–Trinajstić information content (AvgIpc) is 2.86. The van der Waals surface area contributed by atoms with Gasteiger partial charge in [0.15, 0.2) is 0 Å². The maximum Gasteiger partial charge on any atom is 0.127 e. The van der Waals surface area contributed by atoms with Crippen molar-refractivity contribution in [1.29, 1.82) is 0 Å². The largest absolute Gasteiger partial charge is 0.497 e. The highest BCUT2D eigenvalue weighted by Crippen LogP contribution is 2.28. The van der Waals surface area contributed by atoms with E-state index in [0.717, 1.165) is 48.6 Å². The molecule has 0 spiro atoms. The van der Waals surface area contributed by atoms with E-state index in [1.54, 1.807) is 7.11 Å². The van der Waals surface area contributed by atoms with Crippen LogP contribution in [-0.4, -0.2) is 29.4 Å². The van der Waals surface area contributed by atoms with Crippen LogP contribution in [0.1, 0.15) is 37.4 Å². The fourth-order valence-corrected chi connectivity index (χ4v) is 3.07. The number of nitrogens with zero attached hydrogens (tertiary/aromatic N) is 2. The van der Waals surface area contributed by atoms with Crippen molar-refractivity contribution in [3.63, 3.8) is 0 Å². The second-order valence-corrected chi connectivity index (χ2v) is 6.19. The number of halogens is 1. The normalized spacial score (nSPS) is 20.6. The smallest absolute Gasteiger partial charge is 0.127 e. The number of alkyl halides is 1. The minimum Gasteiger partial charge on any atom is -0.497 e. The summed E-state index contributed by atoms with van der Waals surface area (Å²) in [5, 5.41) is -0.132. The van der Waals surface area contributed by atoms with Crippen molar-refractivity contribution in [2.75, 3.05) is 13.7 Å². The van der Waals surface area contributed by atoms with Gasteiger partial charge in [-0.3, -0.25) is 0 Å². The van der Waals surface area contributed by atoms with Crippen molar-refractivity contribution < 1.29 is 9.47 Å². The van der Waals surface area contributed by atoms with Gasteiger partial charge in [0, 0.05) is 12.7 Å². The number of hydrogen-bond donors (Lipinski definition) is 0. The first-order valence-electron chi connectivity index (χ1n) is 7.49. The molecule has 1 saturated heterocycles. The van der Waals surface area contributed by atoms with Crippen LogP contribution < -0.4 is 4.74 Å². The summed E-state index contributed by atoms with van der Waals surface area (Å²) in [7, 11) is 1.68. The van der Waals surface area contributed by atoms with Crippen LogP contribution in [-0.2, 0) is 11.3 Å². The molecule has 0 N–H and O–H groups in total. The molecule has 3 rings (SSSR count). The summed E-state index contributed by atoms with van der Waals surface area (Å²) in [6, 6.07) is 5.93. The molecule has 2 aromatic rings. The number of rotatable bonds is 4. The molecular formula is C16H21ClN2O2. The number of imidazole rings is 1. The van der Waals surface area contributed by atoms with Crippen LogP contribution >= 0.6 is 11.6 Å². The Hall–Kier alpha value is -1.26. The van der Waals surface area contributed by atoms with Crippen LogP contribution in [0.2, 0.25) is 0 Å². The standard InChI is InChI=1S/C16H21ClN2O2/c1-11(17)16-18-14-7-6-12(20-2)9-15(14)19(16)10-13-5-3-4-8-21-13/h6-7,9,11,13H,3-5,8,10H2,1-2H3. The lowest BCUT2D eigenvalue weighted by Gasteiger charge is -2.24. The van der Waals surface area contributed by atoms with Gasteiger partial charge in [0.05, 0.1) is 36.2 Å². The van der Waals surface area contributed by atoms with E-state index in [1.807, 2.05) is 25.1 Å². The molecule has 2 atom stereocenters. The van der Waals surface area contributed by atoms with Gasteiger partial charge < -0.3 is 14.0 Å². The van der Waals surface area contributed by atoms with Gasteiger partial charge in [-0.05, 0) is 38.3 Å². The summed E-state index contributed by atoms with van der Waals surface area (Å²) in [6.07, 6.45) is 3.73. The minimum absolute atomic E-state index is 0.132. The fourth-order valence-electron chi connectivity index (χ4n) is 2.90. The topological polar surface area (TPSA) is 36.3 Å². The first-order chi connectivity index (χ1) is 10.2. The zero-order valence-corrected chi connectivity index (χ0v) is 13.3. The molecule has 0 amide bonds. The summed E-state index contributed by atoms with van der Waals surface area (Å²) >= 11 is 6.32. The second kappa shape index (κ2) is 6.24. The lowest BCUT2D eigenvalue weighted by Crippen LogP contribution is -2.25. The number of methoxy groups -OCH3 is 1. The zero-order chi connectivity index (χ0) is 14.8. The van der Waals surface area contributed by atoms with Gasteiger partial charge in [-0.15, -0.1) is 11.6 Å². The van der Waals surface area contributed by atoms with Crippen molar-refractivity contribution in [1.82, 2.24) is 9.55 Å². The molecule has 0 bridgehead atoms. The van der Waals surface area contributed by atoms with Gasteiger partial charge in [0.25, 0.3) is 0 Å². The molecular weight excluding hydrogens is 288 g/mol. The summed E-state index contributed by atoms with van der Waals surface area (Å²) < 4.78 is 13.4. The maximum absolute atomic E-state index is 6.32. The number of hydrogen-bond acceptors (Lipinski definition) is 3. The van der Waals surface area contributed by atoms with Gasteiger partial charge in [0.1, 0.15) is 11.6 Å².